The minimum absolute atomic E-state index is 0. The summed E-state index contributed by atoms with van der Waals surface area (Å²) in [7, 11) is -4.30. The molecule has 17 heavy (non-hydrogen) atoms. The zero-order valence-corrected chi connectivity index (χ0v) is 13.8. The Morgan fingerprint density at radius 3 is 2.59 bits per heavy atom. The van der Waals surface area contributed by atoms with E-state index in [1.165, 1.54) is 6.61 Å². The molecule has 0 aliphatic carbocycles. The van der Waals surface area contributed by atoms with Gasteiger partial charge in [-0.25, -0.2) is 6.61 Å². The largest absolute Gasteiger partial charge is 0.756 e. The first-order chi connectivity index (χ1) is 7.32. The van der Waals surface area contributed by atoms with Crippen LogP contribution in [0, 0.1) is 12.5 Å². The SMILES string of the molecule is CC(C)OP(=O)([O-])OCC1O[CH-]C(C)C1O.[Y]. The van der Waals surface area contributed by atoms with Gasteiger partial charge in [-0.15, -0.1) is 5.92 Å². The van der Waals surface area contributed by atoms with Gasteiger partial charge < -0.3 is 23.8 Å². The molecule has 0 saturated carbocycles. The second kappa shape index (κ2) is 7.66. The van der Waals surface area contributed by atoms with Crippen LogP contribution in [0.3, 0.4) is 0 Å². The quantitative estimate of drug-likeness (QED) is 0.577. The van der Waals surface area contributed by atoms with E-state index in [4.69, 9.17) is 4.74 Å². The van der Waals surface area contributed by atoms with Gasteiger partial charge in [-0.05, 0) is 13.8 Å². The first-order valence-electron chi connectivity index (χ1n) is 5.12. The molecule has 99 valence electrons. The monoisotopic (exact) mass is 341 g/mol. The molecule has 1 aliphatic heterocycles. The Kier molecular flexibility index (Phi) is 8.17. The molecule has 8 heteroatoms. The van der Waals surface area contributed by atoms with E-state index in [0.29, 0.717) is 0 Å². The van der Waals surface area contributed by atoms with Crippen LogP contribution < -0.4 is 4.89 Å². The van der Waals surface area contributed by atoms with Gasteiger partial charge in [0.25, 0.3) is 7.82 Å². The average Bonchev–Trinajstić information content (AvgIpc) is 2.43. The molecule has 0 aromatic carbocycles. The Balaban J connectivity index is 0.00000256. The molecule has 4 atom stereocenters. The molecule has 6 nitrogen and oxygen atoms in total. The van der Waals surface area contributed by atoms with Crippen LogP contribution in [0.2, 0.25) is 0 Å². The summed E-state index contributed by atoms with van der Waals surface area (Å²) in [5, 5.41) is 9.57. The van der Waals surface area contributed by atoms with Crippen LogP contribution in [-0.4, -0.2) is 30.0 Å². The number of aliphatic hydroxyl groups excluding tert-OH is 1. The number of phosphoric acid groups is 1. The summed E-state index contributed by atoms with van der Waals surface area (Å²) in [6, 6.07) is 0. The standard InChI is InChI=1S/C9H18O6P.Y/c1-6(2)15-16(11,12)14-5-8-9(10)7(3)4-13-8;/h4,6-10H,5H2,1-3H3,(H,11,12);/q-1;/p-1. The van der Waals surface area contributed by atoms with Gasteiger partial charge in [0.1, 0.15) is 0 Å². The average molecular weight is 341 g/mol. The number of phosphoric ester groups is 1. The molecule has 1 rings (SSSR count). The molecule has 1 heterocycles. The Labute approximate surface area is 127 Å². The number of ether oxygens (including phenoxy) is 1. The summed E-state index contributed by atoms with van der Waals surface area (Å²) in [5.41, 5.74) is 0. The predicted molar refractivity (Wildman–Crippen MR) is 54.1 cm³/mol. The molecule has 1 N–H and O–H groups in total. The summed E-state index contributed by atoms with van der Waals surface area (Å²) >= 11 is 0. The molecule has 0 bridgehead atoms. The first-order valence-corrected chi connectivity index (χ1v) is 6.59. The van der Waals surface area contributed by atoms with Gasteiger partial charge in [-0.3, -0.25) is 4.57 Å². The number of hydrogen-bond donors (Lipinski definition) is 1. The summed E-state index contributed by atoms with van der Waals surface area (Å²) in [6.45, 7) is 6.18. The van der Waals surface area contributed by atoms with Gasteiger partial charge in [-0.2, -0.15) is 0 Å². The Bertz CT molecular complexity index is 274. The maximum Gasteiger partial charge on any atom is 0.268 e. The molecule has 0 aromatic heterocycles. The maximum atomic E-state index is 11.2. The second-order valence-electron chi connectivity index (χ2n) is 4.06. The maximum absolute atomic E-state index is 11.2. The number of hydrogen-bond acceptors (Lipinski definition) is 6. The zero-order valence-electron chi connectivity index (χ0n) is 10.1. The number of rotatable bonds is 5. The molecule has 0 aromatic rings. The Morgan fingerprint density at radius 1 is 1.59 bits per heavy atom. The Hall–Kier alpha value is 1.13. The number of aliphatic hydroxyl groups is 1. The van der Waals surface area contributed by atoms with Crippen molar-refractivity contribution < 1.29 is 61.1 Å². The van der Waals surface area contributed by atoms with Crippen molar-refractivity contribution in [3.05, 3.63) is 6.61 Å². The molecule has 1 saturated heterocycles. The van der Waals surface area contributed by atoms with Gasteiger partial charge >= 0.3 is 0 Å². The van der Waals surface area contributed by atoms with Crippen molar-refractivity contribution in [3.8, 4) is 0 Å². The third-order valence-electron chi connectivity index (χ3n) is 2.12. The normalized spacial score (nSPS) is 32.2. The fraction of sp³-hybridized carbons (Fsp3) is 0.889. The van der Waals surface area contributed by atoms with Crippen molar-refractivity contribution >= 4 is 7.82 Å². The van der Waals surface area contributed by atoms with Crippen molar-refractivity contribution in [2.75, 3.05) is 6.61 Å². The van der Waals surface area contributed by atoms with Gasteiger partial charge in [0.2, 0.25) is 0 Å². The fourth-order valence-corrected chi connectivity index (χ4v) is 2.22. The van der Waals surface area contributed by atoms with Crippen LogP contribution in [0.4, 0.5) is 0 Å². The van der Waals surface area contributed by atoms with Crippen LogP contribution in [0.15, 0.2) is 0 Å². The summed E-state index contributed by atoms with van der Waals surface area (Å²) < 4.78 is 25.5. The molecule has 1 aliphatic rings. The third kappa shape index (κ3) is 6.21. The van der Waals surface area contributed by atoms with E-state index < -0.39 is 26.1 Å². The van der Waals surface area contributed by atoms with Gasteiger partial charge in [0.15, 0.2) is 0 Å². The molecule has 0 amide bonds. The van der Waals surface area contributed by atoms with Gasteiger partial charge in [0.05, 0.1) is 24.9 Å². The molecular formula is C9H17O6PY-2. The van der Waals surface area contributed by atoms with Crippen LogP contribution >= 0.6 is 7.82 Å². The molecule has 4 unspecified atom stereocenters. The van der Waals surface area contributed by atoms with Crippen LogP contribution in [0.1, 0.15) is 20.8 Å². The Morgan fingerprint density at radius 2 is 2.18 bits per heavy atom. The smallest absolute Gasteiger partial charge is 0.268 e. The predicted octanol–water partition coefficient (Wildman–Crippen LogP) is 0.451. The summed E-state index contributed by atoms with van der Waals surface area (Å²) in [6.07, 6.45) is -1.88. The van der Waals surface area contributed by atoms with Crippen molar-refractivity contribution in [1.82, 2.24) is 0 Å². The van der Waals surface area contributed by atoms with E-state index in [1.807, 2.05) is 0 Å². The van der Waals surface area contributed by atoms with Crippen LogP contribution in [-0.2, 0) is 51.1 Å². The second-order valence-corrected chi connectivity index (χ2v) is 5.42. The minimum atomic E-state index is -4.30. The molecule has 1 radical (unpaired) electrons. The zero-order chi connectivity index (χ0) is 12.3. The minimum Gasteiger partial charge on any atom is -0.756 e. The van der Waals surface area contributed by atoms with E-state index in [0.717, 1.165) is 0 Å². The van der Waals surface area contributed by atoms with E-state index in [-0.39, 0.29) is 45.2 Å². The summed E-state index contributed by atoms with van der Waals surface area (Å²) in [5.74, 6) is -0.134. The van der Waals surface area contributed by atoms with Gasteiger partial charge in [0, 0.05) is 32.7 Å². The van der Waals surface area contributed by atoms with E-state index in [2.05, 4.69) is 9.05 Å². The topological polar surface area (TPSA) is 88.1 Å². The van der Waals surface area contributed by atoms with Gasteiger partial charge in [-0.1, -0.05) is 6.92 Å². The fourth-order valence-electron chi connectivity index (χ4n) is 1.32. The van der Waals surface area contributed by atoms with Crippen molar-refractivity contribution in [1.29, 1.82) is 0 Å². The van der Waals surface area contributed by atoms with E-state index >= 15 is 0 Å². The van der Waals surface area contributed by atoms with Crippen molar-refractivity contribution in [2.45, 2.75) is 39.1 Å². The van der Waals surface area contributed by atoms with E-state index in [1.54, 1.807) is 20.8 Å². The van der Waals surface area contributed by atoms with E-state index in [9.17, 15) is 14.6 Å². The first kappa shape index (κ1) is 18.1. The molecule has 1 fully saturated rings. The molecular weight excluding hydrogens is 324 g/mol. The third-order valence-corrected chi connectivity index (χ3v) is 3.27. The van der Waals surface area contributed by atoms with Crippen LogP contribution in [0.5, 0.6) is 0 Å². The van der Waals surface area contributed by atoms with Crippen LogP contribution in [0.25, 0.3) is 0 Å². The van der Waals surface area contributed by atoms with Crippen molar-refractivity contribution in [3.63, 3.8) is 0 Å². The molecule has 0 spiro atoms. The van der Waals surface area contributed by atoms with Crippen molar-refractivity contribution in [2.24, 2.45) is 5.92 Å². The summed E-state index contributed by atoms with van der Waals surface area (Å²) in [4.78, 5) is 11.2.